The Kier molecular flexibility index (Phi) is 7.35. The van der Waals surface area contributed by atoms with Crippen LogP contribution in [0, 0.1) is 0 Å². The Morgan fingerprint density at radius 1 is 1.06 bits per heavy atom. The van der Waals surface area contributed by atoms with Crippen LogP contribution in [0.1, 0.15) is 63.8 Å². The SMILES string of the molecule is CCCOC(=O)c1c(NC(=O)c2cc(-c3ccc(Cl)cc3)nc3ccccc23)sc2c1CCCCC2. The summed E-state index contributed by atoms with van der Waals surface area (Å²) in [6.07, 6.45) is 5.76. The molecule has 0 saturated heterocycles. The molecule has 0 unspecified atom stereocenters. The van der Waals surface area contributed by atoms with Gasteiger partial charge in [0.25, 0.3) is 5.91 Å². The van der Waals surface area contributed by atoms with Crippen LogP contribution >= 0.6 is 22.9 Å². The number of ether oxygens (including phenoxy) is 1. The summed E-state index contributed by atoms with van der Waals surface area (Å²) in [6.45, 7) is 2.33. The fourth-order valence-corrected chi connectivity index (χ4v) is 6.01. The standard InChI is InChI=1S/C29H27ClN2O3S/c1-2-16-35-29(34)26-21-9-4-3-5-11-25(21)36-28(26)32-27(33)22-17-24(18-12-14-19(30)15-13-18)31-23-10-7-6-8-20(22)23/h6-8,10,12-15,17H,2-5,9,11,16H2,1H3,(H,32,33). The van der Waals surface area contributed by atoms with Gasteiger partial charge in [0.1, 0.15) is 5.00 Å². The highest BCUT2D eigenvalue weighted by Gasteiger charge is 2.27. The van der Waals surface area contributed by atoms with Crippen molar-refractivity contribution >= 4 is 50.7 Å². The van der Waals surface area contributed by atoms with E-state index in [0.29, 0.717) is 33.5 Å². The summed E-state index contributed by atoms with van der Waals surface area (Å²) in [6, 6.07) is 16.8. The lowest BCUT2D eigenvalue weighted by Crippen LogP contribution is -2.16. The highest BCUT2D eigenvalue weighted by molar-refractivity contribution is 7.17. The van der Waals surface area contributed by atoms with E-state index >= 15 is 0 Å². The van der Waals surface area contributed by atoms with Crippen molar-refractivity contribution < 1.29 is 14.3 Å². The first-order valence-corrected chi connectivity index (χ1v) is 13.5. The molecule has 2 aromatic heterocycles. The van der Waals surface area contributed by atoms with E-state index in [2.05, 4.69) is 5.32 Å². The van der Waals surface area contributed by atoms with Crippen molar-refractivity contribution in [3.8, 4) is 11.3 Å². The van der Waals surface area contributed by atoms with Crippen LogP contribution in [-0.4, -0.2) is 23.5 Å². The van der Waals surface area contributed by atoms with E-state index in [9.17, 15) is 9.59 Å². The summed E-state index contributed by atoms with van der Waals surface area (Å²) in [5.74, 6) is -0.627. The summed E-state index contributed by atoms with van der Waals surface area (Å²) >= 11 is 7.57. The van der Waals surface area contributed by atoms with E-state index in [1.807, 2.05) is 43.3 Å². The highest BCUT2D eigenvalue weighted by Crippen LogP contribution is 2.38. The molecule has 7 heteroatoms. The second kappa shape index (κ2) is 10.8. The molecule has 0 spiro atoms. The van der Waals surface area contributed by atoms with Crippen molar-refractivity contribution in [2.45, 2.75) is 45.4 Å². The molecule has 0 saturated carbocycles. The van der Waals surface area contributed by atoms with Crippen molar-refractivity contribution in [3.63, 3.8) is 0 Å². The zero-order valence-corrected chi connectivity index (χ0v) is 21.7. The smallest absolute Gasteiger partial charge is 0.341 e. The fraction of sp³-hybridized carbons (Fsp3) is 0.276. The van der Waals surface area contributed by atoms with Gasteiger partial charge in [-0.15, -0.1) is 11.3 Å². The van der Waals surface area contributed by atoms with Crippen LogP contribution in [0.3, 0.4) is 0 Å². The number of pyridine rings is 1. The minimum Gasteiger partial charge on any atom is -0.462 e. The number of rotatable bonds is 6. The lowest BCUT2D eigenvalue weighted by atomic mass is 10.0. The molecule has 5 rings (SSSR count). The van der Waals surface area contributed by atoms with Crippen molar-refractivity contribution in [2.75, 3.05) is 11.9 Å². The minimum atomic E-state index is -0.354. The number of carbonyl (C=O) groups excluding carboxylic acids is 2. The third-order valence-corrected chi connectivity index (χ3v) is 7.85. The van der Waals surface area contributed by atoms with Crippen LogP contribution < -0.4 is 5.32 Å². The number of aromatic nitrogens is 1. The number of hydrogen-bond donors (Lipinski definition) is 1. The van der Waals surface area contributed by atoms with E-state index in [0.717, 1.165) is 60.6 Å². The minimum absolute atomic E-state index is 0.273. The van der Waals surface area contributed by atoms with Crippen LogP contribution in [0.15, 0.2) is 54.6 Å². The average molecular weight is 519 g/mol. The van der Waals surface area contributed by atoms with Crippen LogP contribution in [-0.2, 0) is 17.6 Å². The molecule has 0 bridgehead atoms. The Hall–Kier alpha value is -3.22. The molecule has 5 nitrogen and oxygen atoms in total. The number of carbonyl (C=O) groups is 2. The molecule has 0 atom stereocenters. The largest absolute Gasteiger partial charge is 0.462 e. The molecule has 0 radical (unpaired) electrons. The van der Waals surface area contributed by atoms with Gasteiger partial charge in [0, 0.05) is 20.8 Å². The maximum absolute atomic E-state index is 13.7. The van der Waals surface area contributed by atoms with Crippen molar-refractivity contribution in [3.05, 3.63) is 81.2 Å². The fourth-order valence-electron chi connectivity index (χ4n) is 4.62. The predicted octanol–water partition coefficient (Wildman–Crippen LogP) is 7.70. The van der Waals surface area contributed by atoms with Gasteiger partial charge in [-0.25, -0.2) is 9.78 Å². The van der Waals surface area contributed by atoms with Gasteiger partial charge in [0.15, 0.2) is 0 Å². The number of benzene rings is 2. The first-order chi connectivity index (χ1) is 17.5. The molecule has 2 aromatic carbocycles. The average Bonchev–Trinajstić information content (AvgIpc) is 3.06. The number of esters is 1. The zero-order chi connectivity index (χ0) is 25.1. The number of nitrogens with zero attached hydrogens (tertiary/aromatic N) is 1. The van der Waals surface area contributed by atoms with Crippen LogP contribution in [0.25, 0.3) is 22.2 Å². The number of hydrogen-bond acceptors (Lipinski definition) is 5. The number of nitrogens with one attached hydrogen (secondary N) is 1. The molecule has 184 valence electrons. The summed E-state index contributed by atoms with van der Waals surface area (Å²) < 4.78 is 5.52. The maximum atomic E-state index is 13.7. The Labute approximate surface area is 219 Å². The van der Waals surface area contributed by atoms with Gasteiger partial charge in [-0.3, -0.25) is 4.79 Å². The zero-order valence-electron chi connectivity index (χ0n) is 20.1. The van der Waals surface area contributed by atoms with Gasteiger partial charge >= 0.3 is 5.97 Å². The summed E-state index contributed by atoms with van der Waals surface area (Å²) in [7, 11) is 0. The lowest BCUT2D eigenvalue weighted by molar-refractivity contribution is 0.0505. The van der Waals surface area contributed by atoms with Crippen molar-refractivity contribution in [1.82, 2.24) is 4.98 Å². The van der Waals surface area contributed by atoms with Crippen LogP contribution in [0.5, 0.6) is 0 Å². The molecule has 0 aliphatic heterocycles. The van der Waals surface area contributed by atoms with Gasteiger partial charge < -0.3 is 10.1 Å². The highest BCUT2D eigenvalue weighted by atomic mass is 35.5. The molecule has 1 aliphatic carbocycles. The van der Waals surface area contributed by atoms with Gasteiger partial charge in [0.2, 0.25) is 0 Å². The summed E-state index contributed by atoms with van der Waals surface area (Å²) in [4.78, 5) is 32.8. The second-order valence-corrected chi connectivity index (χ2v) is 10.5. The van der Waals surface area contributed by atoms with Gasteiger partial charge in [-0.05, 0) is 61.9 Å². The molecule has 1 aliphatic rings. The number of fused-ring (bicyclic) bond motifs is 2. The number of para-hydroxylation sites is 1. The number of halogens is 1. The molecule has 2 heterocycles. The van der Waals surface area contributed by atoms with Crippen LogP contribution in [0.4, 0.5) is 5.00 Å². The van der Waals surface area contributed by atoms with E-state index in [-0.39, 0.29) is 11.9 Å². The molecule has 1 amide bonds. The lowest BCUT2D eigenvalue weighted by Gasteiger charge is -2.12. The molecular weight excluding hydrogens is 492 g/mol. The quantitative estimate of drug-likeness (QED) is 0.210. The first kappa shape index (κ1) is 24.5. The topological polar surface area (TPSA) is 68.3 Å². The third-order valence-electron chi connectivity index (χ3n) is 6.39. The molecule has 1 N–H and O–H groups in total. The van der Waals surface area contributed by atoms with Crippen molar-refractivity contribution in [1.29, 1.82) is 0 Å². The van der Waals surface area contributed by atoms with E-state index in [1.165, 1.54) is 16.2 Å². The van der Waals surface area contributed by atoms with Gasteiger partial charge in [0.05, 0.1) is 28.9 Å². The summed E-state index contributed by atoms with van der Waals surface area (Å²) in [5, 5.41) is 5.03. The number of amides is 1. The first-order valence-electron chi connectivity index (χ1n) is 12.3. The number of anilines is 1. The number of aryl methyl sites for hydroxylation is 1. The van der Waals surface area contributed by atoms with E-state index in [4.69, 9.17) is 21.3 Å². The Balaban J connectivity index is 1.56. The van der Waals surface area contributed by atoms with Gasteiger partial charge in [-0.2, -0.15) is 0 Å². The Morgan fingerprint density at radius 3 is 2.64 bits per heavy atom. The molecule has 4 aromatic rings. The molecular formula is C29H27ClN2O3S. The summed E-state index contributed by atoms with van der Waals surface area (Å²) in [5.41, 5.74) is 4.33. The van der Waals surface area contributed by atoms with Crippen LogP contribution in [0.2, 0.25) is 5.02 Å². The number of thiophene rings is 1. The monoisotopic (exact) mass is 518 g/mol. The maximum Gasteiger partial charge on any atom is 0.341 e. The van der Waals surface area contributed by atoms with Gasteiger partial charge in [-0.1, -0.05) is 55.3 Å². The Bertz CT molecular complexity index is 1430. The third kappa shape index (κ3) is 5.01. The van der Waals surface area contributed by atoms with E-state index < -0.39 is 0 Å². The molecule has 0 fully saturated rings. The molecule has 36 heavy (non-hydrogen) atoms. The Morgan fingerprint density at radius 2 is 1.83 bits per heavy atom. The normalized spacial score (nSPS) is 13.2. The van der Waals surface area contributed by atoms with E-state index in [1.54, 1.807) is 18.2 Å². The van der Waals surface area contributed by atoms with Crippen molar-refractivity contribution in [2.24, 2.45) is 0 Å². The predicted molar refractivity (Wildman–Crippen MR) is 146 cm³/mol. The second-order valence-electron chi connectivity index (χ2n) is 8.94.